The largest absolute Gasteiger partial charge is 0.382 e. The van der Waals surface area contributed by atoms with E-state index in [1.165, 1.54) is 27.4 Å². The molecule has 1 aliphatic heterocycles. The SMILES string of the molecule is Cc1cc(NC2CCN(S(=O)(=O)c3cnn(C)c3)CC2)c2cccc([N+](=O)[O-])c2n1. The number of rotatable bonds is 5. The van der Waals surface area contributed by atoms with Crippen LogP contribution in [0.1, 0.15) is 18.5 Å². The number of nitro benzene ring substituents is 1. The molecule has 1 saturated heterocycles. The fourth-order valence-electron chi connectivity index (χ4n) is 3.77. The fraction of sp³-hybridized carbons (Fsp3) is 0.368. The van der Waals surface area contributed by atoms with Crippen LogP contribution in [-0.2, 0) is 17.1 Å². The van der Waals surface area contributed by atoms with Crippen LogP contribution in [0.25, 0.3) is 10.9 Å². The van der Waals surface area contributed by atoms with Crippen molar-refractivity contribution in [1.82, 2.24) is 19.1 Å². The van der Waals surface area contributed by atoms with Crippen LogP contribution in [0.15, 0.2) is 41.6 Å². The zero-order valence-electron chi connectivity index (χ0n) is 16.6. The van der Waals surface area contributed by atoms with E-state index in [0.29, 0.717) is 42.5 Å². The van der Waals surface area contributed by atoms with Crippen molar-refractivity contribution in [3.8, 4) is 0 Å². The Bertz CT molecular complexity index is 1210. The third kappa shape index (κ3) is 3.73. The van der Waals surface area contributed by atoms with Gasteiger partial charge >= 0.3 is 0 Å². The van der Waals surface area contributed by atoms with E-state index < -0.39 is 14.9 Å². The summed E-state index contributed by atoms with van der Waals surface area (Å²) >= 11 is 0. The quantitative estimate of drug-likeness (QED) is 0.487. The van der Waals surface area contributed by atoms with Gasteiger partial charge in [-0.2, -0.15) is 9.40 Å². The average Bonchev–Trinajstić information content (AvgIpc) is 3.15. The van der Waals surface area contributed by atoms with Crippen molar-refractivity contribution < 1.29 is 13.3 Å². The van der Waals surface area contributed by atoms with Crippen LogP contribution in [0.4, 0.5) is 11.4 Å². The van der Waals surface area contributed by atoms with Crippen molar-refractivity contribution in [2.45, 2.75) is 30.7 Å². The van der Waals surface area contributed by atoms with Crippen LogP contribution < -0.4 is 5.32 Å². The van der Waals surface area contributed by atoms with E-state index in [0.717, 1.165) is 5.69 Å². The van der Waals surface area contributed by atoms with Gasteiger partial charge in [0.05, 0.1) is 11.1 Å². The Morgan fingerprint density at radius 2 is 2.00 bits per heavy atom. The highest BCUT2D eigenvalue weighted by Gasteiger charge is 2.30. The van der Waals surface area contributed by atoms with Crippen molar-refractivity contribution >= 4 is 32.3 Å². The lowest BCUT2D eigenvalue weighted by molar-refractivity contribution is -0.383. The Morgan fingerprint density at radius 3 is 2.63 bits per heavy atom. The normalized spacial score (nSPS) is 16.1. The van der Waals surface area contributed by atoms with Gasteiger partial charge in [-0.05, 0) is 25.8 Å². The van der Waals surface area contributed by atoms with Crippen molar-refractivity contribution in [2.75, 3.05) is 18.4 Å². The summed E-state index contributed by atoms with van der Waals surface area (Å²) in [5.74, 6) is 0. The molecule has 1 N–H and O–H groups in total. The molecule has 1 fully saturated rings. The Balaban J connectivity index is 1.53. The van der Waals surface area contributed by atoms with E-state index in [-0.39, 0.29) is 16.6 Å². The average molecular weight is 430 g/mol. The molecule has 11 heteroatoms. The number of fused-ring (bicyclic) bond motifs is 1. The molecule has 3 aromatic rings. The van der Waals surface area contributed by atoms with Gasteiger partial charge in [-0.25, -0.2) is 13.4 Å². The third-order valence-corrected chi connectivity index (χ3v) is 7.13. The first-order chi connectivity index (χ1) is 14.3. The summed E-state index contributed by atoms with van der Waals surface area (Å²) in [4.78, 5) is 15.5. The lowest BCUT2D eigenvalue weighted by Gasteiger charge is -2.32. The molecule has 0 bridgehead atoms. The monoisotopic (exact) mass is 430 g/mol. The molecule has 158 valence electrons. The number of nitrogens with one attached hydrogen (secondary N) is 1. The standard InChI is InChI=1S/C19H22N6O4S/c1-13-10-17(16-4-3-5-18(25(26)27)19(16)21-13)22-14-6-8-24(9-7-14)30(28,29)15-11-20-23(2)12-15/h3-5,10-12,14H,6-9H2,1-2H3,(H,21,22). The Kier molecular flexibility index (Phi) is 5.16. The minimum Gasteiger partial charge on any atom is -0.382 e. The van der Waals surface area contributed by atoms with Gasteiger partial charge in [-0.3, -0.25) is 14.8 Å². The molecule has 1 aliphatic rings. The van der Waals surface area contributed by atoms with E-state index in [1.807, 2.05) is 6.07 Å². The highest BCUT2D eigenvalue weighted by molar-refractivity contribution is 7.89. The lowest BCUT2D eigenvalue weighted by Crippen LogP contribution is -2.42. The summed E-state index contributed by atoms with van der Waals surface area (Å²) in [5.41, 5.74) is 1.77. The van der Waals surface area contributed by atoms with Gasteiger partial charge in [-0.15, -0.1) is 0 Å². The number of non-ortho nitro benzene ring substituents is 1. The number of para-hydroxylation sites is 1. The molecule has 30 heavy (non-hydrogen) atoms. The Hall–Kier alpha value is -3.05. The molecule has 0 spiro atoms. The maximum absolute atomic E-state index is 12.8. The van der Waals surface area contributed by atoms with Crippen LogP contribution in [-0.4, -0.2) is 51.5 Å². The number of pyridine rings is 1. The van der Waals surface area contributed by atoms with Crippen molar-refractivity contribution in [3.05, 3.63) is 52.5 Å². The van der Waals surface area contributed by atoms with Gasteiger partial charge < -0.3 is 5.32 Å². The lowest BCUT2D eigenvalue weighted by atomic mass is 10.0. The number of nitro groups is 1. The van der Waals surface area contributed by atoms with Gasteiger partial charge in [0, 0.05) is 55.2 Å². The molecule has 3 heterocycles. The second kappa shape index (κ2) is 7.65. The maximum Gasteiger partial charge on any atom is 0.295 e. The van der Waals surface area contributed by atoms with Gasteiger partial charge in [0.15, 0.2) is 5.52 Å². The van der Waals surface area contributed by atoms with Crippen molar-refractivity contribution in [3.63, 3.8) is 0 Å². The van der Waals surface area contributed by atoms with E-state index in [9.17, 15) is 18.5 Å². The summed E-state index contributed by atoms with van der Waals surface area (Å²) in [6.45, 7) is 2.57. The smallest absolute Gasteiger partial charge is 0.295 e. The van der Waals surface area contributed by atoms with Crippen LogP contribution >= 0.6 is 0 Å². The number of hydrogen-bond acceptors (Lipinski definition) is 7. The number of benzene rings is 1. The molecule has 0 aliphatic carbocycles. The first-order valence-electron chi connectivity index (χ1n) is 9.56. The van der Waals surface area contributed by atoms with Crippen LogP contribution in [0.3, 0.4) is 0 Å². The zero-order chi connectivity index (χ0) is 21.5. The molecular formula is C19H22N6O4S. The summed E-state index contributed by atoms with van der Waals surface area (Å²) < 4.78 is 28.5. The molecular weight excluding hydrogens is 408 g/mol. The molecule has 1 aromatic carbocycles. The number of anilines is 1. The zero-order valence-corrected chi connectivity index (χ0v) is 17.5. The van der Waals surface area contributed by atoms with E-state index in [2.05, 4.69) is 15.4 Å². The van der Waals surface area contributed by atoms with Crippen molar-refractivity contribution in [2.24, 2.45) is 7.05 Å². The van der Waals surface area contributed by atoms with Crippen molar-refractivity contribution in [1.29, 1.82) is 0 Å². The van der Waals surface area contributed by atoms with Crippen LogP contribution in [0.5, 0.6) is 0 Å². The number of nitrogens with zero attached hydrogens (tertiary/aromatic N) is 5. The number of sulfonamides is 1. The van der Waals surface area contributed by atoms with Gasteiger partial charge in [-0.1, -0.05) is 12.1 Å². The van der Waals surface area contributed by atoms with E-state index in [4.69, 9.17) is 0 Å². The summed E-state index contributed by atoms with van der Waals surface area (Å²) in [6, 6.07) is 6.81. The molecule has 0 radical (unpaired) electrons. The Morgan fingerprint density at radius 1 is 1.27 bits per heavy atom. The molecule has 0 saturated carbocycles. The third-order valence-electron chi connectivity index (χ3n) is 5.28. The number of aromatic nitrogens is 3. The molecule has 2 aromatic heterocycles. The molecule has 4 rings (SSSR count). The second-order valence-corrected chi connectivity index (χ2v) is 9.35. The Labute approximate surface area is 173 Å². The molecule has 0 atom stereocenters. The first-order valence-corrected chi connectivity index (χ1v) is 11.0. The molecule has 0 amide bonds. The summed E-state index contributed by atoms with van der Waals surface area (Å²) in [5, 5.41) is 19.4. The number of piperidine rings is 1. The number of hydrogen-bond donors (Lipinski definition) is 1. The maximum atomic E-state index is 12.8. The minimum absolute atomic E-state index is 0.0309. The summed E-state index contributed by atoms with van der Waals surface area (Å²) in [6.07, 6.45) is 4.10. The predicted octanol–water partition coefficient (Wildman–Crippen LogP) is 2.45. The van der Waals surface area contributed by atoms with Gasteiger partial charge in [0.25, 0.3) is 5.69 Å². The van der Waals surface area contributed by atoms with Gasteiger partial charge in [0.1, 0.15) is 4.90 Å². The van der Waals surface area contributed by atoms with Crippen LogP contribution in [0, 0.1) is 17.0 Å². The first kappa shape index (κ1) is 20.2. The number of aryl methyl sites for hydroxylation is 2. The minimum atomic E-state index is -3.56. The van der Waals surface area contributed by atoms with Gasteiger partial charge in [0.2, 0.25) is 10.0 Å². The predicted molar refractivity (Wildman–Crippen MR) is 112 cm³/mol. The molecule has 10 nitrogen and oxygen atoms in total. The van der Waals surface area contributed by atoms with Crippen LogP contribution in [0.2, 0.25) is 0 Å². The van der Waals surface area contributed by atoms with E-state index in [1.54, 1.807) is 26.1 Å². The van der Waals surface area contributed by atoms with E-state index >= 15 is 0 Å². The second-order valence-electron chi connectivity index (χ2n) is 7.41. The fourth-order valence-corrected chi connectivity index (χ4v) is 5.23. The topological polar surface area (TPSA) is 123 Å². The summed E-state index contributed by atoms with van der Waals surface area (Å²) in [7, 11) is -1.88. The highest BCUT2D eigenvalue weighted by Crippen LogP contribution is 2.31. The molecule has 0 unspecified atom stereocenters. The highest BCUT2D eigenvalue weighted by atomic mass is 32.2.